The molecule has 3 nitrogen and oxygen atoms in total. The van der Waals surface area contributed by atoms with E-state index in [0.717, 1.165) is 34.0 Å². The third kappa shape index (κ3) is 3.17. The molecule has 2 aromatic heterocycles. The highest BCUT2D eigenvalue weighted by Crippen LogP contribution is 2.28. The molecule has 2 heterocycles. The van der Waals surface area contributed by atoms with E-state index in [4.69, 9.17) is 9.40 Å². The molecule has 1 atom stereocenters. The minimum absolute atomic E-state index is 0.159. The quantitative estimate of drug-likeness (QED) is 0.741. The third-order valence-corrected chi connectivity index (χ3v) is 4.14. The van der Waals surface area contributed by atoms with Gasteiger partial charge in [-0.3, -0.25) is 0 Å². The second kappa shape index (κ2) is 6.41. The Labute approximate surface area is 132 Å². The van der Waals surface area contributed by atoms with E-state index in [0.29, 0.717) is 0 Å². The second-order valence-corrected chi connectivity index (χ2v) is 5.85. The Morgan fingerprint density at radius 1 is 1.29 bits per heavy atom. The van der Waals surface area contributed by atoms with Crippen molar-refractivity contribution < 1.29 is 4.42 Å². The van der Waals surface area contributed by atoms with Crippen LogP contribution in [0, 0.1) is 0 Å². The predicted octanol–water partition coefficient (Wildman–Crippen LogP) is 4.48. The number of fused-ring (bicyclic) bond motifs is 1. The molecule has 0 amide bonds. The molecule has 3 aromatic rings. The van der Waals surface area contributed by atoms with Gasteiger partial charge in [-0.05, 0) is 52.7 Å². The number of hydrogen-bond donors (Lipinski definition) is 1. The third-order valence-electron chi connectivity index (χ3n) is 3.51. The fraction of sp³-hybridized carbons (Fsp3) is 0.235. The lowest BCUT2D eigenvalue weighted by Gasteiger charge is -2.18. The van der Waals surface area contributed by atoms with Crippen molar-refractivity contribution in [2.75, 3.05) is 6.54 Å². The summed E-state index contributed by atoms with van der Waals surface area (Å²) in [4.78, 5) is 4.83. The molecule has 0 fully saturated rings. The van der Waals surface area contributed by atoms with Gasteiger partial charge in [0.1, 0.15) is 0 Å². The average molecular weight is 345 g/mol. The number of rotatable bonds is 5. The van der Waals surface area contributed by atoms with E-state index in [2.05, 4.69) is 40.3 Å². The highest BCUT2D eigenvalue weighted by atomic mass is 79.9. The minimum Gasteiger partial charge on any atom is -0.472 e. The number of hydrogen-bond acceptors (Lipinski definition) is 3. The van der Waals surface area contributed by atoms with Gasteiger partial charge in [0, 0.05) is 9.86 Å². The largest absolute Gasteiger partial charge is 0.472 e. The van der Waals surface area contributed by atoms with Crippen LogP contribution in [0.5, 0.6) is 0 Å². The molecule has 1 unspecified atom stereocenters. The standard InChI is InChI=1S/C17H17BrN2O/c1-2-19-16(9-12-7-8-21-11-12)17-14(18)10-13-5-3-4-6-15(13)20-17/h3-8,10-11,16,19H,2,9H2,1H3. The molecule has 1 aromatic carbocycles. The van der Waals surface area contributed by atoms with Crippen LogP contribution in [0.15, 0.2) is 57.8 Å². The number of benzene rings is 1. The van der Waals surface area contributed by atoms with Crippen LogP contribution in [0.2, 0.25) is 0 Å². The molecule has 0 saturated carbocycles. The molecule has 0 aliphatic heterocycles. The van der Waals surface area contributed by atoms with Gasteiger partial charge >= 0.3 is 0 Å². The van der Waals surface area contributed by atoms with Crippen LogP contribution in [0.3, 0.4) is 0 Å². The number of likely N-dealkylation sites (N-methyl/N-ethyl adjacent to an activating group) is 1. The van der Waals surface area contributed by atoms with E-state index in [-0.39, 0.29) is 6.04 Å². The Bertz CT molecular complexity index is 725. The number of nitrogens with zero attached hydrogens (tertiary/aromatic N) is 1. The van der Waals surface area contributed by atoms with Gasteiger partial charge < -0.3 is 9.73 Å². The summed E-state index contributed by atoms with van der Waals surface area (Å²) >= 11 is 3.67. The van der Waals surface area contributed by atoms with Crippen molar-refractivity contribution in [2.24, 2.45) is 0 Å². The molecule has 4 heteroatoms. The molecule has 108 valence electrons. The van der Waals surface area contributed by atoms with Crippen molar-refractivity contribution in [1.29, 1.82) is 0 Å². The smallest absolute Gasteiger partial charge is 0.0935 e. The minimum atomic E-state index is 0.159. The Morgan fingerprint density at radius 3 is 2.90 bits per heavy atom. The van der Waals surface area contributed by atoms with Crippen LogP contribution in [0.4, 0.5) is 0 Å². The summed E-state index contributed by atoms with van der Waals surface area (Å²) in [7, 11) is 0. The van der Waals surface area contributed by atoms with Crippen LogP contribution >= 0.6 is 15.9 Å². The van der Waals surface area contributed by atoms with Gasteiger partial charge in [-0.15, -0.1) is 0 Å². The van der Waals surface area contributed by atoms with E-state index < -0.39 is 0 Å². The maximum atomic E-state index is 5.17. The van der Waals surface area contributed by atoms with Crippen LogP contribution in [-0.2, 0) is 6.42 Å². The number of aromatic nitrogens is 1. The van der Waals surface area contributed by atoms with Crippen molar-refractivity contribution in [3.8, 4) is 0 Å². The maximum Gasteiger partial charge on any atom is 0.0935 e. The van der Waals surface area contributed by atoms with Crippen LogP contribution < -0.4 is 5.32 Å². The lowest BCUT2D eigenvalue weighted by molar-refractivity contribution is 0.525. The van der Waals surface area contributed by atoms with Crippen LogP contribution in [0.25, 0.3) is 10.9 Å². The van der Waals surface area contributed by atoms with Gasteiger partial charge in [0.05, 0.1) is 29.8 Å². The lowest BCUT2D eigenvalue weighted by Crippen LogP contribution is -2.24. The summed E-state index contributed by atoms with van der Waals surface area (Å²) in [5.41, 5.74) is 3.23. The van der Waals surface area contributed by atoms with Crippen LogP contribution in [0.1, 0.15) is 24.2 Å². The summed E-state index contributed by atoms with van der Waals surface area (Å²) < 4.78 is 6.21. The zero-order valence-electron chi connectivity index (χ0n) is 11.8. The maximum absolute atomic E-state index is 5.17. The normalized spacial score (nSPS) is 12.7. The lowest BCUT2D eigenvalue weighted by atomic mass is 10.0. The summed E-state index contributed by atoms with van der Waals surface area (Å²) in [6.07, 6.45) is 4.36. The average Bonchev–Trinajstić information content (AvgIpc) is 2.99. The number of para-hydroxylation sites is 1. The van der Waals surface area contributed by atoms with Crippen LogP contribution in [-0.4, -0.2) is 11.5 Å². The number of nitrogens with one attached hydrogen (secondary N) is 1. The Hall–Kier alpha value is -1.65. The fourth-order valence-corrected chi connectivity index (χ4v) is 3.12. The molecule has 0 saturated heterocycles. The van der Waals surface area contributed by atoms with E-state index in [1.165, 1.54) is 5.56 Å². The Kier molecular flexibility index (Phi) is 4.36. The monoisotopic (exact) mass is 344 g/mol. The first-order valence-corrected chi connectivity index (χ1v) is 7.87. The molecule has 0 bridgehead atoms. The van der Waals surface area contributed by atoms with Crippen molar-refractivity contribution in [1.82, 2.24) is 10.3 Å². The number of halogens is 1. The van der Waals surface area contributed by atoms with E-state index in [1.54, 1.807) is 12.5 Å². The number of furan rings is 1. The molecule has 1 N–H and O–H groups in total. The SMILES string of the molecule is CCNC(Cc1ccoc1)c1nc2ccccc2cc1Br. The van der Waals surface area contributed by atoms with Gasteiger partial charge in [0.15, 0.2) is 0 Å². The number of pyridine rings is 1. The first kappa shape index (κ1) is 14.3. The van der Waals surface area contributed by atoms with Crippen molar-refractivity contribution in [3.63, 3.8) is 0 Å². The fourth-order valence-electron chi connectivity index (χ4n) is 2.51. The highest BCUT2D eigenvalue weighted by Gasteiger charge is 2.17. The molecule has 0 spiro atoms. The van der Waals surface area contributed by atoms with Gasteiger partial charge in [-0.2, -0.15) is 0 Å². The Morgan fingerprint density at radius 2 is 2.14 bits per heavy atom. The van der Waals surface area contributed by atoms with Crippen molar-refractivity contribution in [3.05, 3.63) is 64.7 Å². The van der Waals surface area contributed by atoms with Gasteiger partial charge in [-0.25, -0.2) is 4.98 Å². The predicted molar refractivity (Wildman–Crippen MR) is 88.3 cm³/mol. The van der Waals surface area contributed by atoms with Crippen molar-refractivity contribution >= 4 is 26.8 Å². The molecular weight excluding hydrogens is 328 g/mol. The molecule has 0 aliphatic carbocycles. The second-order valence-electron chi connectivity index (χ2n) is 4.99. The highest BCUT2D eigenvalue weighted by molar-refractivity contribution is 9.10. The zero-order chi connectivity index (χ0) is 14.7. The zero-order valence-corrected chi connectivity index (χ0v) is 13.4. The summed E-state index contributed by atoms with van der Waals surface area (Å²) in [6, 6.07) is 12.5. The molecular formula is C17H17BrN2O. The molecule has 0 aliphatic rings. The van der Waals surface area contributed by atoms with E-state index >= 15 is 0 Å². The van der Waals surface area contributed by atoms with Gasteiger partial charge in [-0.1, -0.05) is 25.1 Å². The summed E-state index contributed by atoms with van der Waals surface area (Å²) in [5, 5.41) is 4.65. The molecule has 3 rings (SSSR count). The molecule has 0 radical (unpaired) electrons. The first-order valence-electron chi connectivity index (χ1n) is 7.07. The van der Waals surface area contributed by atoms with E-state index in [1.807, 2.05) is 24.3 Å². The molecule has 21 heavy (non-hydrogen) atoms. The summed E-state index contributed by atoms with van der Waals surface area (Å²) in [6.45, 7) is 3.00. The topological polar surface area (TPSA) is 38.1 Å². The Balaban J connectivity index is 1.99. The van der Waals surface area contributed by atoms with Gasteiger partial charge in [0.2, 0.25) is 0 Å². The first-order chi connectivity index (χ1) is 10.3. The summed E-state index contributed by atoms with van der Waals surface area (Å²) in [5.74, 6) is 0. The van der Waals surface area contributed by atoms with Crippen molar-refractivity contribution in [2.45, 2.75) is 19.4 Å². The van der Waals surface area contributed by atoms with E-state index in [9.17, 15) is 0 Å². The van der Waals surface area contributed by atoms with Gasteiger partial charge in [0.25, 0.3) is 0 Å².